The van der Waals surface area contributed by atoms with Crippen LogP contribution in [0.4, 0.5) is 0 Å². The first kappa shape index (κ1) is 11.7. The van der Waals surface area contributed by atoms with Gasteiger partial charge in [-0.05, 0) is 0 Å². The molecule has 0 saturated heterocycles. The summed E-state index contributed by atoms with van der Waals surface area (Å²) in [6.45, 7) is 0. The van der Waals surface area contributed by atoms with Crippen molar-refractivity contribution >= 4 is 18.4 Å². The summed E-state index contributed by atoms with van der Waals surface area (Å²) in [5.41, 5.74) is 0. The Bertz CT molecular complexity index is 94.8. The number of ether oxygens (including phenoxy) is 2. The minimum absolute atomic E-state index is 0.0194. The molecule has 0 rings (SSSR count). The zero-order valence-corrected chi connectivity index (χ0v) is 11.2. The van der Waals surface area contributed by atoms with Crippen LogP contribution in [0, 0.1) is 0 Å². The van der Waals surface area contributed by atoms with Gasteiger partial charge in [-0.15, -0.1) is 0 Å². The van der Waals surface area contributed by atoms with Crippen molar-refractivity contribution in [2.24, 2.45) is 0 Å². The summed E-state index contributed by atoms with van der Waals surface area (Å²) in [6.07, 6.45) is 1.08. The fourth-order valence-electron chi connectivity index (χ4n) is 0.883. The van der Waals surface area contributed by atoms with Gasteiger partial charge in [-0.2, -0.15) is 0 Å². The maximum atomic E-state index is 5.11. The molecule has 3 heteroatoms. The number of rotatable bonds is 5. The molecule has 0 N–H and O–H groups in total. The van der Waals surface area contributed by atoms with Crippen LogP contribution in [0.15, 0.2) is 0 Å². The average molecular weight is 267 g/mol. The van der Waals surface area contributed by atoms with Crippen molar-refractivity contribution in [3.63, 3.8) is 0 Å². The topological polar surface area (TPSA) is 18.5 Å². The Morgan fingerprint density at radius 2 is 1.55 bits per heavy atom. The van der Waals surface area contributed by atoms with E-state index in [1.54, 1.807) is 14.2 Å². The molecule has 0 bridgehead atoms. The molecule has 0 amide bonds. The molecule has 0 unspecified atom stereocenters. The van der Waals surface area contributed by atoms with Crippen LogP contribution < -0.4 is 0 Å². The van der Waals surface area contributed by atoms with Crippen molar-refractivity contribution in [1.29, 1.82) is 0 Å². The van der Waals surface area contributed by atoms with E-state index in [9.17, 15) is 0 Å². The van der Waals surface area contributed by atoms with Gasteiger partial charge < -0.3 is 0 Å². The number of hydrogen-bond acceptors (Lipinski definition) is 2. The van der Waals surface area contributed by atoms with Gasteiger partial charge >= 0.3 is 74.0 Å². The van der Waals surface area contributed by atoms with Gasteiger partial charge in [-0.1, -0.05) is 0 Å². The predicted molar refractivity (Wildman–Crippen MR) is 50.6 cm³/mol. The minimum atomic E-state index is -1.57. The van der Waals surface area contributed by atoms with Gasteiger partial charge in [0, 0.05) is 0 Å². The normalized spacial score (nSPS) is 12.5. The van der Waals surface area contributed by atoms with E-state index in [1.807, 2.05) is 0 Å². The van der Waals surface area contributed by atoms with E-state index >= 15 is 0 Å². The van der Waals surface area contributed by atoms with Gasteiger partial charge in [0.25, 0.3) is 0 Å². The third kappa shape index (κ3) is 7.09. The van der Waals surface area contributed by atoms with E-state index in [1.165, 1.54) is 4.44 Å². The van der Waals surface area contributed by atoms with Gasteiger partial charge in [0.05, 0.1) is 0 Å². The molecule has 0 aliphatic heterocycles. The molecule has 2 nitrogen and oxygen atoms in total. The predicted octanol–water partition coefficient (Wildman–Crippen LogP) is 2.33. The molecule has 0 atom stereocenters. The second kappa shape index (κ2) is 5.38. The molecule has 0 heterocycles. The van der Waals surface area contributed by atoms with E-state index in [0.717, 1.165) is 6.42 Å². The van der Waals surface area contributed by atoms with Crippen LogP contribution in [0.25, 0.3) is 0 Å². The molecule has 0 radical (unpaired) electrons. The van der Waals surface area contributed by atoms with E-state index in [4.69, 9.17) is 9.47 Å². The van der Waals surface area contributed by atoms with Crippen LogP contribution in [0.2, 0.25) is 19.3 Å². The molecule has 68 valence electrons. The molecule has 0 fully saturated rings. The summed E-state index contributed by atoms with van der Waals surface area (Å²) >= 11 is -1.57. The summed E-state index contributed by atoms with van der Waals surface area (Å²) in [5, 5.41) is 0. The van der Waals surface area contributed by atoms with Crippen molar-refractivity contribution in [2.75, 3.05) is 14.2 Å². The van der Waals surface area contributed by atoms with E-state index < -0.39 is 18.4 Å². The van der Waals surface area contributed by atoms with E-state index in [-0.39, 0.29) is 6.29 Å². The van der Waals surface area contributed by atoms with Crippen LogP contribution in [0.1, 0.15) is 6.42 Å². The number of hydrogen-bond donors (Lipinski definition) is 0. The molecule has 0 spiro atoms. The summed E-state index contributed by atoms with van der Waals surface area (Å²) in [6, 6.07) is 0. The van der Waals surface area contributed by atoms with Crippen molar-refractivity contribution in [1.82, 2.24) is 0 Å². The van der Waals surface area contributed by atoms with Gasteiger partial charge in [-0.25, -0.2) is 0 Å². The molecule has 0 saturated carbocycles. The maximum absolute atomic E-state index is 5.11. The Kier molecular flexibility index (Phi) is 5.73. The fourth-order valence-corrected chi connectivity index (χ4v) is 4.03. The Hall–Kier alpha value is 0.719. The van der Waals surface area contributed by atoms with Crippen LogP contribution in [0.3, 0.4) is 0 Å². The Morgan fingerprint density at radius 3 is 1.82 bits per heavy atom. The van der Waals surface area contributed by atoms with Gasteiger partial charge in [0.1, 0.15) is 0 Å². The molecule has 0 aromatic heterocycles. The molecule has 11 heavy (non-hydrogen) atoms. The first-order valence-corrected chi connectivity index (χ1v) is 14.6. The molecular formula is C8H20O2Sn. The first-order valence-electron chi connectivity index (χ1n) is 4.05. The average Bonchev–Trinajstić information content (AvgIpc) is 1.88. The Labute approximate surface area is 74.1 Å². The summed E-state index contributed by atoms with van der Waals surface area (Å²) in [7, 11) is 3.40. The molecule has 0 aromatic rings. The monoisotopic (exact) mass is 268 g/mol. The Balaban J connectivity index is 3.51. The summed E-state index contributed by atoms with van der Waals surface area (Å²) < 4.78 is 11.5. The number of methoxy groups -OCH3 is 2. The first-order chi connectivity index (χ1) is 4.99. The van der Waals surface area contributed by atoms with Gasteiger partial charge in [-0.3, -0.25) is 0 Å². The van der Waals surface area contributed by atoms with Gasteiger partial charge in [0.2, 0.25) is 0 Å². The molecular weight excluding hydrogens is 247 g/mol. The van der Waals surface area contributed by atoms with Crippen LogP contribution in [-0.2, 0) is 9.47 Å². The summed E-state index contributed by atoms with van der Waals surface area (Å²) in [4.78, 5) is 7.28. The summed E-state index contributed by atoms with van der Waals surface area (Å²) in [5.74, 6) is 0. The quantitative estimate of drug-likeness (QED) is 0.562. The fraction of sp³-hybridized carbons (Fsp3) is 1.00. The van der Waals surface area contributed by atoms with Crippen molar-refractivity contribution < 1.29 is 9.47 Å². The van der Waals surface area contributed by atoms with Crippen LogP contribution >= 0.6 is 0 Å². The SMILES string of the molecule is COC(C[CH2][Sn]([CH3])([CH3])[CH3])OC. The van der Waals surface area contributed by atoms with Gasteiger partial charge in [0.15, 0.2) is 0 Å². The van der Waals surface area contributed by atoms with Crippen LogP contribution in [0.5, 0.6) is 0 Å². The Morgan fingerprint density at radius 1 is 1.09 bits per heavy atom. The standard InChI is InChI=1S/C5H11O2.3CH3.Sn/c1-4-5(6-2)7-3;;;;/h5H,1,4H2,2-3H3;3*1H3;. The second-order valence-corrected chi connectivity index (χ2v) is 20.0. The second-order valence-electron chi connectivity index (χ2n) is 4.00. The molecule has 0 aliphatic carbocycles. The third-order valence-electron chi connectivity index (χ3n) is 1.66. The zero-order valence-electron chi connectivity index (χ0n) is 8.31. The molecule has 0 aliphatic rings. The van der Waals surface area contributed by atoms with E-state index in [2.05, 4.69) is 14.8 Å². The zero-order chi connectivity index (χ0) is 8.91. The van der Waals surface area contributed by atoms with Crippen LogP contribution in [-0.4, -0.2) is 38.9 Å². The van der Waals surface area contributed by atoms with E-state index in [0.29, 0.717) is 0 Å². The third-order valence-corrected chi connectivity index (χ3v) is 6.76. The molecule has 0 aromatic carbocycles. The van der Waals surface area contributed by atoms with Crippen molar-refractivity contribution in [3.05, 3.63) is 0 Å². The van der Waals surface area contributed by atoms with Crippen molar-refractivity contribution in [2.45, 2.75) is 32.0 Å². The van der Waals surface area contributed by atoms with Crippen molar-refractivity contribution in [3.8, 4) is 0 Å².